The molecule has 7 rings (SSSR count). The molecule has 1 heterocycles. The van der Waals surface area contributed by atoms with Gasteiger partial charge in [-0.25, -0.2) is 0 Å². The van der Waals surface area contributed by atoms with Crippen molar-refractivity contribution >= 4 is 16.9 Å². The van der Waals surface area contributed by atoms with Crippen LogP contribution in [0.25, 0.3) is 11.0 Å². The first-order chi connectivity index (χ1) is 16.0. The number of ether oxygens (including phenoxy) is 1. The maximum absolute atomic E-state index is 14.1. The van der Waals surface area contributed by atoms with Gasteiger partial charge in [-0.05, 0) is 110 Å². The van der Waals surface area contributed by atoms with E-state index in [1.807, 2.05) is 18.2 Å². The fourth-order valence-electron chi connectivity index (χ4n) is 9.84. The number of benzene rings is 1. The van der Waals surface area contributed by atoms with Gasteiger partial charge in [0.25, 0.3) is 5.91 Å². The summed E-state index contributed by atoms with van der Waals surface area (Å²) in [5.74, 6) is 7.70. The summed E-state index contributed by atoms with van der Waals surface area (Å²) < 4.78 is 7.02. The van der Waals surface area contributed by atoms with Crippen LogP contribution in [0.15, 0.2) is 18.2 Å². The van der Waals surface area contributed by atoms with Crippen molar-refractivity contribution < 1.29 is 9.53 Å². The number of carbonyl (C=O) groups excluding carboxylic acids is 1. The highest BCUT2D eigenvalue weighted by Crippen LogP contribution is 2.74. The SMILES string of the molecule is COc1ccc2nnn(C(=O)[C@H]3C4C[C@H]4C4C5CCC6C[C@@H](C)CCC6[C@H]5CC[C@@]43C)c2c1. The zero-order valence-corrected chi connectivity index (χ0v) is 20.2. The van der Waals surface area contributed by atoms with Crippen molar-refractivity contribution in [1.29, 1.82) is 0 Å². The molecule has 5 unspecified atom stereocenters. The van der Waals surface area contributed by atoms with E-state index in [0.29, 0.717) is 5.92 Å². The second kappa shape index (κ2) is 7.05. The molecular formula is C28H37N3O2. The predicted octanol–water partition coefficient (Wildman–Crippen LogP) is 5.84. The minimum Gasteiger partial charge on any atom is -0.497 e. The first kappa shape index (κ1) is 20.5. The zero-order chi connectivity index (χ0) is 22.5. The molecule has 5 heteroatoms. The number of rotatable bonds is 2. The highest BCUT2D eigenvalue weighted by atomic mass is 16.5. The van der Waals surface area contributed by atoms with E-state index in [4.69, 9.17) is 4.74 Å². The van der Waals surface area contributed by atoms with Gasteiger partial charge in [0.2, 0.25) is 0 Å². The van der Waals surface area contributed by atoms with Crippen LogP contribution in [0.1, 0.15) is 70.0 Å². The van der Waals surface area contributed by atoms with Crippen LogP contribution in [0.4, 0.5) is 0 Å². The largest absolute Gasteiger partial charge is 0.497 e. The van der Waals surface area contributed by atoms with E-state index < -0.39 is 0 Å². The molecule has 0 aliphatic heterocycles. The Morgan fingerprint density at radius 1 is 1.03 bits per heavy atom. The molecule has 10 atom stereocenters. The summed E-state index contributed by atoms with van der Waals surface area (Å²) in [5, 5.41) is 8.65. The Labute approximate surface area is 196 Å². The van der Waals surface area contributed by atoms with Gasteiger partial charge in [-0.3, -0.25) is 4.79 Å². The van der Waals surface area contributed by atoms with E-state index in [0.717, 1.165) is 58.2 Å². The standard InChI is InChI=1S/C28H37N3O2/c1-15-4-7-18-16(12-15)5-8-20-19(18)10-11-28(2)25(20)21-14-22(21)26(28)27(32)31-24-13-17(33-3)6-9-23(24)29-30-31/h6,9,13,15-16,18-22,25-26H,4-5,7-8,10-12,14H2,1-3H3/t15-,16?,18?,19+,20?,21+,22?,25?,26+,28-/m0/s1. The van der Waals surface area contributed by atoms with Crippen LogP contribution >= 0.6 is 0 Å². The predicted molar refractivity (Wildman–Crippen MR) is 127 cm³/mol. The number of hydrogen-bond acceptors (Lipinski definition) is 4. The first-order valence-electron chi connectivity index (χ1n) is 13.4. The summed E-state index contributed by atoms with van der Waals surface area (Å²) in [6.07, 6.45) is 11.0. The molecule has 1 aromatic carbocycles. The minimum atomic E-state index is 0.0913. The van der Waals surface area contributed by atoms with Gasteiger partial charge in [-0.2, -0.15) is 4.68 Å². The van der Waals surface area contributed by atoms with Crippen molar-refractivity contribution in [3.8, 4) is 5.75 Å². The summed E-state index contributed by atoms with van der Waals surface area (Å²) in [6.45, 7) is 4.93. The van der Waals surface area contributed by atoms with Gasteiger partial charge >= 0.3 is 0 Å². The van der Waals surface area contributed by atoms with Crippen LogP contribution in [-0.4, -0.2) is 28.0 Å². The van der Waals surface area contributed by atoms with Gasteiger partial charge in [0.15, 0.2) is 0 Å². The summed E-state index contributed by atoms with van der Waals surface area (Å²) in [7, 11) is 1.66. The Hall–Kier alpha value is -1.91. The van der Waals surface area contributed by atoms with Crippen LogP contribution in [0.2, 0.25) is 0 Å². The Kier molecular flexibility index (Phi) is 4.37. The second-order valence-electron chi connectivity index (χ2n) is 12.6. The lowest BCUT2D eigenvalue weighted by Gasteiger charge is -2.57. The number of carbonyl (C=O) groups is 1. The number of nitrogens with zero attached hydrogens (tertiary/aromatic N) is 3. The maximum atomic E-state index is 14.1. The van der Waals surface area contributed by atoms with Gasteiger partial charge in [-0.15, -0.1) is 5.10 Å². The molecule has 0 bridgehead atoms. The van der Waals surface area contributed by atoms with Crippen molar-refractivity contribution in [2.75, 3.05) is 7.11 Å². The lowest BCUT2D eigenvalue weighted by Crippen LogP contribution is -2.51. The topological polar surface area (TPSA) is 57.0 Å². The van der Waals surface area contributed by atoms with Crippen LogP contribution in [-0.2, 0) is 0 Å². The van der Waals surface area contributed by atoms with Gasteiger partial charge in [-0.1, -0.05) is 25.5 Å². The summed E-state index contributed by atoms with van der Waals surface area (Å²) in [5.41, 5.74) is 1.68. The van der Waals surface area contributed by atoms with E-state index in [1.165, 1.54) is 51.4 Å². The van der Waals surface area contributed by atoms with Crippen molar-refractivity contribution in [3.05, 3.63) is 18.2 Å². The minimum absolute atomic E-state index is 0.0913. The van der Waals surface area contributed by atoms with E-state index in [2.05, 4.69) is 24.2 Å². The normalized spacial score (nSPS) is 45.6. The highest BCUT2D eigenvalue weighted by molar-refractivity contribution is 5.91. The molecule has 5 fully saturated rings. The quantitative estimate of drug-likeness (QED) is 0.580. The first-order valence-corrected chi connectivity index (χ1v) is 13.4. The lowest BCUT2D eigenvalue weighted by molar-refractivity contribution is -0.0759. The third kappa shape index (κ3) is 2.80. The van der Waals surface area contributed by atoms with Crippen LogP contribution in [0.5, 0.6) is 5.75 Å². The highest BCUT2D eigenvalue weighted by Gasteiger charge is 2.71. The Morgan fingerprint density at radius 2 is 1.88 bits per heavy atom. The average molecular weight is 448 g/mol. The molecule has 2 aromatic rings. The summed E-state index contributed by atoms with van der Waals surface area (Å²) in [6, 6.07) is 5.70. The fraction of sp³-hybridized carbons (Fsp3) is 0.750. The fourth-order valence-corrected chi connectivity index (χ4v) is 9.84. The van der Waals surface area contributed by atoms with Crippen molar-refractivity contribution in [2.24, 2.45) is 58.7 Å². The van der Waals surface area contributed by atoms with Crippen molar-refractivity contribution in [3.63, 3.8) is 0 Å². The molecule has 0 amide bonds. The molecule has 5 nitrogen and oxygen atoms in total. The number of methoxy groups -OCH3 is 1. The molecule has 5 aliphatic rings. The van der Waals surface area contributed by atoms with E-state index in [9.17, 15) is 4.79 Å². The molecule has 5 saturated carbocycles. The van der Waals surface area contributed by atoms with Crippen LogP contribution in [0, 0.1) is 58.7 Å². The Morgan fingerprint density at radius 3 is 2.73 bits per heavy atom. The van der Waals surface area contributed by atoms with Gasteiger partial charge < -0.3 is 4.74 Å². The average Bonchev–Trinajstić information content (AvgIpc) is 3.36. The lowest BCUT2D eigenvalue weighted by atomic mass is 9.48. The van der Waals surface area contributed by atoms with Crippen molar-refractivity contribution in [2.45, 2.75) is 65.2 Å². The second-order valence-corrected chi connectivity index (χ2v) is 12.6. The van der Waals surface area contributed by atoms with Crippen molar-refractivity contribution in [1.82, 2.24) is 15.0 Å². The van der Waals surface area contributed by atoms with Gasteiger partial charge in [0.05, 0.1) is 7.11 Å². The number of fused-ring (bicyclic) bond motifs is 8. The molecule has 0 spiro atoms. The smallest absolute Gasteiger partial charge is 0.252 e. The van der Waals surface area contributed by atoms with Gasteiger partial charge in [0, 0.05) is 12.0 Å². The summed E-state index contributed by atoms with van der Waals surface area (Å²) in [4.78, 5) is 14.1. The van der Waals surface area contributed by atoms with E-state index >= 15 is 0 Å². The summed E-state index contributed by atoms with van der Waals surface area (Å²) >= 11 is 0. The molecule has 0 saturated heterocycles. The van der Waals surface area contributed by atoms with E-state index in [1.54, 1.807) is 11.8 Å². The van der Waals surface area contributed by atoms with Crippen LogP contribution < -0.4 is 4.74 Å². The third-order valence-corrected chi connectivity index (χ3v) is 11.1. The Bertz CT molecular complexity index is 1110. The molecule has 33 heavy (non-hydrogen) atoms. The van der Waals surface area contributed by atoms with Crippen LogP contribution in [0.3, 0.4) is 0 Å². The molecule has 0 N–H and O–H groups in total. The molecule has 5 aliphatic carbocycles. The monoisotopic (exact) mass is 447 g/mol. The Balaban J connectivity index is 1.21. The molecule has 176 valence electrons. The molecule has 1 aromatic heterocycles. The number of hydrogen-bond donors (Lipinski definition) is 0. The molecular weight excluding hydrogens is 410 g/mol. The van der Waals surface area contributed by atoms with Gasteiger partial charge in [0.1, 0.15) is 16.8 Å². The number of aromatic nitrogens is 3. The van der Waals surface area contributed by atoms with E-state index in [-0.39, 0.29) is 17.2 Å². The molecule has 0 radical (unpaired) electrons. The maximum Gasteiger partial charge on any atom is 0.252 e. The third-order valence-electron chi connectivity index (χ3n) is 11.1. The zero-order valence-electron chi connectivity index (χ0n) is 20.2.